The summed E-state index contributed by atoms with van der Waals surface area (Å²) in [4.78, 5) is 32.6. The van der Waals surface area contributed by atoms with Crippen molar-refractivity contribution in [2.45, 2.75) is 13.0 Å². The van der Waals surface area contributed by atoms with E-state index < -0.39 is 0 Å². The molecule has 4 rings (SSSR count). The largest absolute Gasteiger partial charge is 0.379 e. The second kappa shape index (κ2) is 7.73. The molecule has 8 heteroatoms. The van der Waals surface area contributed by atoms with Gasteiger partial charge in [-0.2, -0.15) is 0 Å². The van der Waals surface area contributed by atoms with Crippen molar-refractivity contribution < 1.29 is 4.74 Å². The molecule has 0 unspecified atom stereocenters. The van der Waals surface area contributed by atoms with Crippen LogP contribution >= 0.6 is 0 Å². The van der Waals surface area contributed by atoms with Crippen LogP contribution in [-0.4, -0.2) is 66.1 Å². The summed E-state index contributed by atoms with van der Waals surface area (Å²) in [5.41, 5.74) is 0.927. The molecule has 1 aliphatic rings. The number of rotatable bonds is 5. The molecule has 4 heterocycles. The topological polar surface area (TPSA) is 72.6 Å². The van der Waals surface area contributed by atoms with Crippen molar-refractivity contribution in [2.75, 3.05) is 52.0 Å². The zero-order valence-electron chi connectivity index (χ0n) is 16.3. The van der Waals surface area contributed by atoms with Gasteiger partial charge >= 0.3 is 0 Å². The number of aryl methyl sites for hydroxylation is 1. The number of aromatic nitrogens is 3. The number of fused-ring (bicyclic) bond motifs is 2. The first-order chi connectivity index (χ1) is 13.5. The third-order valence-electron chi connectivity index (χ3n) is 5.21. The monoisotopic (exact) mass is 383 g/mol. The average molecular weight is 383 g/mol. The molecule has 0 aromatic carbocycles. The minimum absolute atomic E-state index is 0.103. The molecule has 3 aromatic rings. The molecule has 28 heavy (non-hydrogen) atoms. The summed E-state index contributed by atoms with van der Waals surface area (Å²) in [6, 6.07) is 5.33. The van der Waals surface area contributed by atoms with Crippen molar-refractivity contribution in [2.24, 2.45) is 0 Å². The highest BCUT2D eigenvalue weighted by atomic mass is 16.5. The zero-order chi connectivity index (χ0) is 19.7. The molecule has 8 nitrogen and oxygen atoms in total. The number of morpholine rings is 1. The maximum absolute atomic E-state index is 13.0. The van der Waals surface area contributed by atoms with Gasteiger partial charge in [0.1, 0.15) is 0 Å². The van der Waals surface area contributed by atoms with Gasteiger partial charge in [0.05, 0.1) is 35.0 Å². The minimum Gasteiger partial charge on any atom is -0.379 e. The lowest BCUT2D eigenvalue weighted by molar-refractivity contribution is 0.0369. The lowest BCUT2D eigenvalue weighted by Crippen LogP contribution is -2.37. The van der Waals surface area contributed by atoms with Gasteiger partial charge in [0.25, 0.3) is 11.1 Å². The van der Waals surface area contributed by atoms with E-state index >= 15 is 0 Å². The molecule has 0 aliphatic carbocycles. The zero-order valence-corrected chi connectivity index (χ0v) is 16.3. The molecule has 0 bridgehead atoms. The van der Waals surface area contributed by atoms with Crippen LogP contribution in [0.2, 0.25) is 0 Å². The Morgan fingerprint density at radius 3 is 2.39 bits per heavy atom. The predicted octanol–water partition coefficient (Wildman–Crippen LogP) is 0.631. The van der Waals surface area contributed by atoms with Crippen molar-refractivity contribution in [3.05, 3.63) is 51.3 Å². The van der Waals surface area contributed by atoms with Gasteiger partial charge in [-0.25, -0.2) is 9.66 Å². The molecule has 3 aromatic heterocycles. The maximum Gasteiger partial charge on any atom is 0.278 e. The summed E-state index contributed by atoms with van der Waals surface area (Å²) in [7, 11) is 3.59. The molecule has 1 aliphatic heterocycles. The molecular weight excluding hydrogens is 358 g/mol. The molecule has 0 atom stereocenters. The molecule has 0 saturated carbocycles. The average Bonchev–Trinajstić information content (AvgIpc) is 2.70. The van der Waals surface area contributed by atoms with Gasteiger partial charge in [0.15, 0.2) is 0 Å². The van der Waals surface area contributed by atoms with E-state index in [9.17, 15) is 9.59 Å². The van der Waals surface area contributed by atoms with E-state index in [0.717, 1.165) is 39.3 Å². The highest BCUT2D eigenvalue weighted by Crippen LogP contribution is 2.14. The van der Waals surface area contributed by atoms with Crippen LogP contribution in [0.1, 0.15) is 6.42 Å². The Hall–Kier alpha value is -2.71. The van der Waals surface area contributed by atoms with Crippen LogP contribution in [0.3, 0.4) is 0 Å². The van der Waals surface area contributed by atoms with E-state index in [0.29, 0.717) is 28.4 Å². The van der Waals surface area contributed by atoms with Gasteiger partial charge in [-0.05, 0) is 24.6 Å². The lowest BCUT2D eigenvalue weighted by atomic mass is 10.2. The van der Waals surface area contributed by atoms with Gasteiger partial charge in [-0.1, -0.05) is 0 Å². The third-order valence-corrected chi connectivity index (χ3v) is 5.21. The van der Waals surface area contributed by atoms with Crippen molar-refractivity contribution in [3.8, 4) is 0 Å². The van der Waals surface area contributed by atoms with E-state index in [-0.39, 0.29) is 11.1 Å². The standard InChI is InChI=1S/C20H25N5O3/c1-22(2)25-9-5-18-16(20(25)27)14-15-17(21-18)4-8-24(19(15)26)7-3-6-23-10-12-28-13-11-23/h4-5,8-9,14H,3,6-7,10-13H2,1-2H3. The van der Waals surface area contributed by atoms with E-state index in [2.05, 4.69) is 9.88 Å². The van der Waals surface area contributed by atoms with Gasteiger partial charge in [0, 0.05) is 52.7 Å². The minimum atomic E-state index is -0.181. The Bertz CT molecular complexity index is 1110. The Balaban J connectivity index is 1.65. The molecule has 0 spiro atoms. The normalized spacial score (nSPS) is 15.4. The van der Waals surface area contributed by atoms with Crippen molar-refractivity contribution in [1.29, 1.82) is 0 Å². The predicted molar refractivity (Wildman–Crippen MR) is 110 cm³/mol. The first kappa shape index (κ1) is 18.6. The van der Waals surface area contributed by atoms with E-state index in [1.807, 2.05) is 6.07 Å². The van der Waals surface area contributed by atoms with Crippen molar-refractivity contribution >= 4 is 21.8 Å². The first-order valence-electron chi connectivity index (χ1n) is 9.58. The number of ether oxygens (including phenoxy) is 1. The molecule has 0 N–H and O–H groups in total. The Kier molecular flexibility index (Phi) is 5.15. The Morgan fingerprint density at radius 1 is 1.00 bits per heavy atom. The summed E-state index contributed by atoms with van der Waals surface area (Å²) in [6.45, 7) is 5.03. The summed E-state index contributed by atoms with van der Waals surface area (Å²) < 4.78 is 8.58. The number of pyridine rings is 3. The SMILES string of the molecule is CN(C)n1ccc2nc3ccn(CCCN4CCOCC4)c(=O)c3cc2c1=O. The molecule has 0 radical (unpaired) electrons. The smallest absolute Gasteiger partial charge is 0.278 e. The second-order valence-electron chi connectivity index (χ2n) is 7.29. The third kappa shape index (κ3) is 3.53. The van der Waals surface area contributed by atoms with Crippen LogP contribution in [-0.2, 0) is 11.3 Å². The molecule has 0 amide bonds. The fourth-order valence-corrected chi connectivity index (χ4v) is 3.63. The van der Waals surface area contributed by atoms with Gasteiger partial charge in [-0.3, -0.25) is 14.5 Å². The molecule has 148 valence electrons. The molecular formula is C20H25N5O3. The number of hydrogen-bond donors (Lipinski definition) is 0. The molecule has 1 saturated heterocycles. The van der Waals surface area contributed by atoms with E-state index in [1.165, 1.54) is 4.68 Å². The van der Waals surface area contributed by atoms with Crippen LogP contribution in [0.5, 0.6) is 0 Å². The van der Waals surface area contributed by atoms with Gasteiger partial charge < -0.3 is 14.3 Å². The first-order valence-corrected chi connectivity index (χ1v) is 9.58. The summed E-state index contributed by atoms with van der Waals surface area (Å²) in [5, 5.41) is 2.63. The highest BCUT2D eigenvalue weighted by Gasteiger charge is 2.12. The van der Waals surface area contributed by atoms with Gasteiger partial charge in [-0.15, -0.1) is 0 Å². The van der Waals surface area contributed by atoms with Crippen LogP contribution in [0, 0.1) is 0 Å². The quantitative estimate of drug-likeness (QED) is 0.602. The number of nitrogens with zero attached hydrogens (tertiary/aromatic N) is 5. The maximum atomic E-state index is 13.0. The second-order valence-corrected chi connectivity index (χ2v) is 7.29. The van der Waals surface area contributed by atoms with E-state index in [4.69, 9.17) is 4.74 Å². The fourth-order valence-electron chi connectivity index (χ4n) is 3.63. The lowest BCUT2D eigenvalue weighted by Gasteiger charge is -2.26. The highest BCUT2D eigenvalue weighted by molar-refractivity contribution is 5.91. The van der Waals surface area contributed by atoms with Crippen LogP contribution in [0.15, 0.2) is 40.2 Å². The van der Waals surface area contributed by atoms with Crippen molar-refractivity contribution in [3.63, 3.8) is 0 Å². The number of hydrogen-bond acceptors (Lipinski definition) is 6. The van der Waals surface area contributed by atoms with Crippen LogP contribution in [0.4, 0.5) is 0 Å². The Morgan fingerprint density at radius 2 is 1.68 bits per heavy atom. The Labute approximate surface area is 162 Å². The van der Waals surface area contributed by atoms with Crippen LogP contribution < -0.4 is 16.1 Å². The van der Waals surface area contributed by atoms with Crippen molar-refractivity contribution in [1.82, 2.24) is 19.1 Å². The summed E-state index contributed by atoms with van der Waals surface area (Å²) >= 11 is 0. The molecule has 1 fully saturated rings. The summed E-state index contributed by atoms with van der Waals surface area (Å²) in [5.74, 6) is 0. The fraction of sp³-hybridized carbons (Fsp3) is 0.450. The summed E-state index contributed by atoms with van der Waals surface area (Å²) in [6.07, 6.45) is 4.38. The van der Waals surface area contributed by atoms with Crippen LogP contribution in [0.25, 0.3) is 21.8 Å². The van der Waals surface area contributed by atoms with Gasteiger partial charge in [0.2, 0.25) is 0 Å². The van der Waals surface area contributed by atoms with E-state index in [1.54, 1.807) is 48.2 Å².